The van der Waals surface area contributed by atoms with Crippen molar-refractivity contribution >= 4 is 34.0 Å². The van der Waals surface area contributed by atoms with Crippen molar-refractivity contribution in [3.63, 3.8) is 0 Å². The van der Waals surface area contributed by atoms with E-state index < -0.39 is 0 Å². The first-order chi connectivity index (χ1) is 12.1. The number of ether oxygens (including phenoxy) is 2. The molecule has 0 bridgehead atoms. The number of methoxy groups -OCH3 is 2. The summed E-state index contributed by atoms with van der Waals surface area (Å²) in [5, 5.41) is 5.83. The zero-order valence-corrected chi connectivity index (χ0v) is 15.1. The van der Waals surface area contributed by atoms with Gasteiger partial charge in [0.2, 0.25) is 0 Å². The monoisotopic (exact) mass is 374 g/mol. The molecule has 2 aromatic carbocycles. The highest BCUT2D eigenvalue weighted by Crippen LogP contribution is 2.32. The Hall–Kier alpha value is -2.57. The molecule has 0 aliphatic rings. The Bertz CT molecular complexity index is 894. The number of rotatable bonds is 5. The molecule has 3 rings (SSSR count). The molecule has 5 nitrogen and oxygen atoms in total. The van der Waals surface area contributed by atoms with Crippen LogP contribution in [-0.4, -0.2) is 25.1 Å². The molecule has 0 aliphatic carbocycles. The molecule has 0 radical (unpaired) electrons. The Kier molecular flexibility index (Phi) is 5.21. The highest BCUT2D eigenvalue weighted by atomic mass is 35.5. The summed E-state index contributed by atoms with van der Waals surface area (Å²) < 4.78 is 10.5. The molecule has 1 N–H and O–H groups in total. The number of hydrogen-bond acceptors (Lipinski definition) is 5. The molecule has 0 saturated heterocycles. The number of nitrogens with one attached hydrogen (secondary N) is 1. The van der Waals surface area contributed by atoms with Crippen molar-refractivity contribution in [1.29, 1.82) is 0 Å². The summed E-state index contributed by atoms with van der Waals surface area (Å²) in [4.78, 5) is 17.0. The number of amides is 1. The number of hydrogen-bond donors (Lipinski definition) is 1. The van der Waals surface area contributed by atoms with E-state index in [0.29, 0.717) is 27.2 Å². The minimum absolute atomic E-state index is 0.312. The van der Waals surface area contributed by atoms with Gasteiger partial charge in [-0.25, -0.2) is 4.98 Å². The fourth-order valence-electron chi connectivity index (χ4n) is 2.31. The average molecular weight is 375 g/mol. The minimum Gasteiger partial charge on any atom is -0.493 e. The van der Waals surface area contributed by atoms with Crippen LogP contribution in [0.25, 0.3) is 11.3 Å². The summed E-state index contributed by atoms with van der Waals surface area (Å²) in [5.74, 6) is 0.570. The zero-order valence-electron chi connectivity index (χ0n) is 13.6. The van der Waals surface area contributed by atoms with Crippen LogP contribution in [0, 0.1) is 0 Å². The van der Waals surface area contributed by atoms with E-state index >= 15 is 0 Å². The number of benzene rings is 2. The number of carbonyl (C=O) groups is 1. The molecule has 1 aromatic heterocycles. The number of halogens is 1. The SMILES string of the molecule is COc1cccc(C(=O)Nc2nc(-c3ccc(Cl)cc3)cs2)c1OC. The van der Waals surface area contributed by atoms with Gasteiger partial charge in [0, 0.05) is 16.0 Å². The third kappa shape index (κ3) is 3.75. The van der Waals surface area contributed by atoms with Gasteiger partial charge in [0.05, 0.1) is 25.5 Å². The van der Waals surface area contributed by atoms with E-state index in [9.17, 15) is 4.79 Å². The number of thiazole rings is 1. The number of anilines is 1. The number of carbonyl (C=O) groups excluding carboxylic acids is 1. The van der Waals surface area contributed by atoms with E-state index in [2.05, 4.69) is 10.3 Å². The predicted octanol–water partition coefficient (Wildman–Crippen LogP) is 4.73. The lowest BCUT2D eigenvalue weighted by molar-refractivity contribution is 0.102. The molecule has 0 spiro atoms. The van der Waals surface area contributed by atoms with Crippen molar-refractivity contribution < 1.29 is 14.3 Å². The largest absolute Gasteiger partial charge is 0.493 e. The van der Waals surface area contributed by atoms with Crippen molar-refractivity contribution in [2.45, 2.75) is 0 Å². The third-order valence-corrected chi connectivity index (χ3v) is 4.52. The summed E-state index contributed by atoms with van der Waals surface area (Å²) >= 11 is 7.24. The van der Waals surface area contributed by atoms with Gasteiger partial charge in [-0.3, -0.25) is 10.1 Å². The molecule has 0 saturated carbocycles. The van der Waals surface area contributed by atoms with Crippen molar-refractivity contribution in [2.75, 3.05) is 19.5 Å². The Morgan fingerprint density at radius 3 is 2.56 bits per heavy atom. The highest BCUT2D eigenvalue weighted by molar-refractivity contribution is 7.14. The van der Waals surface area contributed by atoms with Crippen molar-refractivity contribution in [3.8, 4) is 22.8 Å². The van der Waals surface area contributed by atoms with E-state index in [0.717, 1.165) is 11.3 Å². The number of nitrogens with zero attached hydrogens (tertiary/aromatic N) is 1. The van der Waals surface area contributed by atoms with Crippen LogP contribution in [0.4, 0.5) is 5.13 Å². The number of aromatic nitrogens is 1. The van der Waals surface area contributed by atoms with E-state index in [4.69, 9.17) is 21.1 Å². The van der Waals surface area contributed by atoms with E-state index in [-0.39, 0.29) is 5.91 Å². The van der Waals surface area contributed by atoms with Gasteiger partial charge < -0.3 is 9.47 Å². The third-order valence-electron chi connectivity index (χ3n) is 3.51. The van der Waals surface area contributed by atoms with E-state index in [1.807, 2.05) is 17.5 Å². The maximum atomic E-state index is 12.6. The summed E-state index contributed by atoms with van der Waals surface area (Å²) in [7, 11) is 3.02. The molecule has 1 amide bonds. The molecular formula is C18H15ClN2O3S. The van der Waals surface area contributed by atoms with Crippen LogP contribution < -0.4 is 14.8 Å². The topological polar surface area (TPSA) is 60.5 Å². The molecule has 0 unspecified atom stereocenters. The van der Waals surface area contributed by atoms with E-state index in [1.165, 1.54) is 25.6 Å². The Labute approximate surface area is 154 Å². The molecule has 1 heterocycles. The van der Waals surface area contributed by atoms with Crippen LogP contribution in [0.1, 0.15) is 10.4 Å². The first-order valence-corrected chi connectivity index (χ1v) is 8.62. The molecule has 128 valence electrons. The summed E-state index contributed by atoms with van der Waals surface area (Å²) in [6.07, 6.45) is 0. The van der Waals surface area contributed by atoms with Crippen molar-refractivity contribution in [2.24, 2.45) is 0 Å². The van der Waals surface area contributed by atoms with Gasteiger partial charge in [-0.05, 0) is 24.3 Å². The predicted molar refractivity (Wildman–Crippen MR) is 100 cm³/mol. The summed E-state index contributed by atoms with van der Waals surface area (Å²) in [6, 6.07) is 12.5. The molecular weight excluding hydrogens is 360 g/mol. The van der Waals surface area contributed by atoms with E-state index in [1.54, 1.807) is 30.3 Å². The minimum atomic E-state index is -0.312. The second kappa shape index (κ2) is 7.55. The highest BCUT2D eigenvalue weighted by Gasteiger charge is 2.17. The van der Waals surface area contributed by atoms with Crippen LogP contribution >= 0.6 is 22.9 Å². The second-order valence-corrected chi connectivity index (χ2v) is 6.33. The van der Waals surface area contributed by atoms with Gasteiger partial charge in [-0.15, -0.1) is 11.3 Å². The van der Waals surface area contributed by atoms with Crippen LogP contribution in [0.5, 0.6) is 11.5 Å². The van der Waals surface area contributed by atoms with Crippen LogP contribution in [0.2, 0.25) is 5.02 Å². The lowest BCUT2D eigenvalue weighted by Gasteiger charge is -2.11. The lowest BCUT2D eigenvalue weighted by atomic mass is 10.1. The lowest BCUT2D eigenvalue weighted by Crippen LogP contribution is -2.13. The maximum absolute atomic E-state index is 12.6. The van der Waals surface area contributed by atoms with Gasteiger partial charge >= 0.3 is 0 Å². The molecule has 0 fully saturated rings. The smallest absolute Gasteiger partial charge is 0.261 e. The average Bonchev–Trinajstić information content (AvgIpc) is 3.09. The summed E-state index contributed by atoms with van der Waals surface area (Å²) in [6.45, 7) is 0. The van der Waals surface area contributed by atoms with Crippen LogP contribution in [0.15, 0.2) is 47.8 Å². The Morgan fingerprint density at radius 1 is 1.12 bits per heavy atom. The van der Waals surface area contributed by atoms with Gasteiger partial charge in [-0.2, -0.15) is 0 Å². The van der Waals surface area contributed by atoms with Crippen LogP contribution in [0.3, 0.4) is 0 Å². The van der Waals surface area contributed by atoms with Gasteiger partial charge in [-0.1, -0.05) is 29.8 Å². The maximum Gasteiger partial charge on any atom is 0.261 e. The molecule has 25 heavy (non-hydrogen) atoms. The first kappa shape index (κ1) is 17.3. The van der Waals surface area contributed by atoms with Gasteiger partial charge in [0.25, 0.3) is 5.91 Å². The molecule has 0 atom stereocenters. The second-order valence-electron chi connectivity index (χ2n) is 5.04. The summed E-state index contributed by atoms with van der Waals surface area (Å²) in [5.41, 5.74) is 2.08. The standard InChI is InChI=1S/C18H15ClN2O3S/c1-23-15-5-3-4-13(16(15)24-2)17(22)21-18-20-14(10-25-18)11-6-8-12(19)9-7-11/h3-10H,1-2H3,(H,20,21,22). The van der Waals surface area contributed by atoms with Gasteiger partial charge in [0.15, 0.2) is 16.6 Å². The molecule has 0 aliphatic heterocycles. The fraction of sp³-hybridized carbons (Fsp3) is 0.111. The fourth-order valence-corrected chi connectivity index (χ4v) is 3.16. The van der Waals surface area contributed by atoms with Crippen molar-refractivity contribution in [1.82, 2.24) is 4.98 Å². The number of para-hydroxylation sites is 1. The normalized spacial score (nSPS) is 10.4. The zero-order chi connectivity index (χ0) is 17.8. The first-order valence-electron chi connectivity index (χ1n) is 7.36. The van der Waals surface area contributed by atoms with Crippen molar-refractivity contribution in [3.05, 3.63) is 58.4 Å². The Morgan fingerprint density at radius 2 is 1.88 bits per heavy atom. The van der Waals surface area contributed by atoms with Crippen LogP contribution in [-0.2, 0) is 0 Å². The van der Waals surface area contributed by atoms with Gasteiger partial charge in [0.1, 0.15) is 0 Å². The molecule has 3 aromatic rings. The quantitative estimate of drug-likeness (QED) is 0.701. The molecule has 7 heteroatoms. The Balaban J connectivity index is 1.82.